The lowest BCUT2D eigenvalue weighted by molar-refractivity contribution is 0.691. The molecule has 1 aromatic heterocycles. The van der Waals surface area contributed by atoms with Crippen molar-refractivity contribution in [3.05, 3.63) is 37.9 Å². The van der Waals surface area contributed by atoms with Gasteiger partial charge in [0.15, 0.2) is 5.82 Å². The second kappa shape index (κ2) is 6.23. The zero-order valence-corrected chi connectivity index (χ0v) is 15.2. The smallest absolute Gasteiger partial charge is 0.163 e. The number of nitrogen functional groups attached to an aromatic ring is 1. The average Bonchev–Trinajstić information content (AvgIpc) is 2.98. The Balaban J connectivity index is 2.13. The molecular formula is C15H14Br2ClN3. The van der Waals surface area contributed by atoms with Gasteiger partial charge in [-0.05, 0) is 47.0 Å². The summed E-state index contributed by atoms with van der Waals surface area (Å²) in [4.78, 5) is 9.17. The highest BCUT2D eigenvalue weighted by Gasteiger charge is 2.24. The molecule has 1 heterocycles. The van der Waals surface area contributed by atoms with Crippen LogP contribution in [0.15, 0.2) is 27.1 Å². The molecule has 1 saturated carbocycles. The van der Waals surface area contributed by atoms with Gasteiger partial charge in [0.05, 0.1) is 10.2 Å². The molecule has 2 aromatic rings. The summed E-state index contributed by atoms with van der Waals surface area (Å²) >= 11 is 13.2. The summed E-state index contributed by atoms with van der Waals surface area (Å²) in [6, 6.07) is 5.58. The summed E-state index contributed by atoms with van der Waals surface area (Å²) in [5.74, 6) is 1.56. The predicted molar refractivity (Wildman–Crippen MR) is 93.5 cm³/mol. The number of benzene rings is 1. The third-order valence-corrected chi connectivity index (χ3v) is 5.55. The van der Waals surface area contributed by atoms with Gasteiger partial charge in [-0.2, -0.15) is 0 Å². The van der Waals surface area contributed by atoms with E-state index in [4.69, 9.17) is 22.3 Å². The monoisotopic (exact) mass is 429 g/mol. The van der Waals surface area contributed by atoms with Crippen LogP contribution in [0, 0.1) is 0 Å². The number of hydrogen-bond acceptors (Lipinski definition) is 3. The molecule has 1 aliphatic carbocycles. The number of halogens is 3. The van der Waals surface area contributed by atoms with E-state index in [0.717, 1.165) is 33.0 Å². The topological polar surface area (TPSA) is 51.8 Å². The molecule has 3 rings (SSSR count). The summed E-state index contributed by atoms with van der Waals surface area (Å²) in [5, 5.41) is 0.653. The van der Waals surface area contributed by atoms with Crippen molar-refractivity contribution >= 4 is 49.3 Å². The summed E-state index contributed by atoms with van der Waals surface area (Å²) in [5.41, 5.74) is 7.95. The molecule has 6 heteroatoms. The molecule has 3 nitrogen and oxygen atoms in total. The number of hydrogen-bond donors (Lipinski definition) is 1. The summed E-state index contributed by atoms with van der Waals surface area (Å²) in [6.45, 7) is 0. The molecule has 0 aliphatic heterocycles. The zero-order chi connectivity index (χ0) is 15.0. The number of aromatic nitrogens is 2. The molecule has 21 heavy (non-hydrogen) atoms. The van der Waals surface area contributed by atoms with E-state index in [9.17, 15) is 0 Å². The molecule has 0 atom stereocenters. The van der Waals surface area contributed by atoms with Gasteiger partial charge < -0.3 is 5.73 Å². The Morgan fingerprint density at radius 3 is 2.57 bits per heavy atom. The highest BCUT2D eigenvalue weighted by Crippen LogP contribution is 2.39. The molecule has 0 unspecified atom stereocenters. The second-order valence-electron chi connectivity index (χ2n) is 5.24. The van der Waals surface area contributed by atoms with Crippen molar-refractivity contribution in [2.24, 2.45) is 0 Å². The minimum Gasteiger partial charge on any atom is -0.383 e. The standard InChI is InChI=1S/C15H14Br2ClN3/c16-11-6-5-9(18)7-10(11)15-20-13(8-3-1-2-4-8)12(17)14(19)21-15/h5-8H,1-4H2,(H2,19,20,21). The van der Waals surface area contributed by atoms with Gasteiger partial charge in [0.1, 0.15) is 5.82 Å². The number of anilines is 1. The Morgan fingerprint density at radius 2 is 1.86 bits per heavy atom. The number of nitrogens with zero attached hydrogens (tertiary/aromatic N) is 2. The zero-order valence-electron chi connectivity index (χ0n) is 11.2. The third-order valence-electron chi connectivity index (χ3n) is 3.81. The number of nitrogens with two attached hydrogens (primary N) is 1. The quantitative estimate of drug-likeness (QED) is 0.677. The van der Waals surface area contributed by atoms with Crippen molar-refractivity contribution in [3.63, 3.8) is 0 Å². The molecule has 0 radical (unpaired) electrons. The first-order chi connectivity index (χ1) is 10.1. The predicted octanol–water partition coefficient (Wildman–Crippen LogP) is 5.56. The summed E-state index contributed by atoms with van der Waals surface area (Å²) in [7, 11) is 0. The van der Waals surface area contributed by atoms with Gasteiger partial charge in [-0.1, -0.05) is 40.4 Å². The molecule has 2 N–H and O–H groups in total. The Morgan fingerprint density at radius 1 is 1.14 bits per heavy atom. The lowest BCUT2D eigenvalue weighted by Gasteiger charge is -2.14. The third kappa shape index (κ3) is 3.10. The average molecular weight is 432 g/mol. The fourth-order valence-electron chi connectivity index (χ4n) is 2.74. The van der Waals surface area contributed by atoms with Gasteiger partial charge >= 0.3 is 0 Å². The van der Waals surface area contributed by atoms with Crippen molar-refractivity contribution in [2.75, 3.05) is 5.73 Å². The Labute approximate surface area is 145 Å². The fraction of sp³-hybridized carbons (Fsp3) is 0.333. The Hall–Kier alpha value is -0.650. The van der Waals surface area contributed by atoms with Crippen molar-refractivity contribution in [1.82, 2.24) is 9.97 Å². The maximum absolute atomic E-state index is 6.09. The van der Waals surface area contributed by atoms with E-state index in [1.807, 2.05) is 18.2 Å². The summed E-state index contributed by atoms with van der Waals surface area (Å²) < 4.78 is 1.74. The Bertz CT molecular complexity index is 685. The van der Waals surface area contributed by atoms with Gasteiger partial charge in [-0.15, -0.1) is 0 Å². The highest BCUT2D eigenvalue weighted by atomic mass is 79.9. The van der Waals surface area contributed by atoms with Crippen LogP contribution in [0.5, 0.6) is 0 Å². The maximum Gasteiger partial charge on any atom is 0.163 e. The van der Waals surface area contributed by atoms with Crippen molar-refractivity contribution in [2.45, 2.75) is 31.6 Å². The van der Waals surface area contributed by atoms with E-state index in [-0.39, 0.29) is 0 Å². The molecule has 110 valence electrons. The normalized spacial score (nSPS) is 15.6. The van der Waals surface area contributed by atoms with E-state index in [1.54, 1.807) is 0 Å². The lowest BCUT2D eigenvalue weighted by atomic mass is 10.0. The van der Waals surface area contributed by atoms with Crippen LogP contribution in [0.1, 0.15) is 37.3 Å². The summed E-state index contributed by atoms with van der Waals surface area (Å²) in [6.07, 6.45) is 4.81. The molecule has 0 spiro atoms. The highest BCUT2D eigenvalue weighted by molar-refractivity contribution is 9.11. The molecular weight excluding hydrogens is 417 g/mol. The van der Waals surface area contributed by atoms with E-state index < -0.39 is 0 Å². The van der Waals surface area contributed by atoms with Crippen LogP contribution in [0.3, 0.4) is 0 Å². The molecule has 0 bridgehead atoms. The van der Waals surface area contributed by atoms with Gasteiger partial charge in [-0.25, -0.2) is 9.97 Å². The first kappa shape index (κ1) is 15.3. The maximum atomic E-state index is 6.09. The van der Waals surface area contributed by atoms with E-state index in [2.05, 4.69) is 36.8 Å². The van der Waals surface area contributed by atoms with Crippen LogP contribution >= 0.6 is 43.5 Å². The van der Waals surface area contributed by atoms with Crippen LogP contribution < -0.4 is 5.73 Å². The minimum absolute atomic E-state index is 0.460. The molecule has 1 aliphatic rings. The van der Waals surface area contributed by atoms with Crippen molar-refractivity contribution in [1.29, 1.82) is 0 Å². The van der Waals surface area contributed by atoms with Crippen molar-refractivity contribution < 1.29 is 0 Å². The van der Waals surface area contributed by atoms with Gasteiger partial charge in [0, 0.05) is 21.0 Å². The number of rotatable bonds is 2. The molecule has 1 aromatic carbocycles. The van der Waals surface area contributed by atoms with E-state index >= 15 is 0 Å². The SMILES string of the molecule is Nc1nc(-c2cc(Cl)ccc2Br)nc(C2CCCC2)c1Br. The van der Waals surface area contributed by atoms with Gasteiger partial charge in [0.2, 0.25) is 0 Å². The van der Waals surface area contributed by atoms with Crippen LogP contribution in [0.25, 0.3) is 11.4 Å². The van der Waals surface area contributed by atoms with Crippen LogP contribution in [-0.4, -0.2) is 9.97 Å². The first-order valence-electron chi connectivity index (χ1n) is 6.84. The lowest BCUT2D eigenvalue weighted by Crippen LogP contribution is -2.06. The van der Waals surface area contributed by atoms with Crippen molar-refractivity contribution in [3.8, 4) is 11.4 Å². The second-order valence-corrected chi connectivity index (χ2v) is 7.32. The van der Waals surface area contributed by atoms with E-state index in [1.165, 1.54) is 12.8 Å². The van der Waals surface area contributed by atoms with Crippen LogP contribution in [-0.2, 0) is 0 Å². The van der Waals surface area contributed by atoms with E-state index in [0.29, 0.717) is 22.6 Å². The minimum atomic E-state index is 0.460. The first-order valence-corrected chi connectivity index (χ1v) is 8.81. The van der Waals surface area contributed by atoms with Gasteiger partial charge in [-0.3, -0.25) is 0 Å². The van der Waals surface area contributed by atoms with Crippen LogP contribution in [0.2, 0.25) is 5.02 Å². The fourth-order valence-corrected chi connectivity index (χ4v) is 3.84. The molecule has 1 fully saturated rings. The van der Waals surface area contributed by atoms with Gasteiger partial charge in [0.25, 0.3) is 0 Å². The molecule has 0 saturated heterocycles. The molecule has 0 amide bonds. The Kier molecular flexibility index (Phi) is 4.52. The largest absolute Gasteiger partial charge is 0.383 e. The van der Waals surface area contributed by atoms with Crippen LogP contribution in [0.4, 0.5) is 5.82 Å².